The molecule has 2 aromatic carbocycles. The van der Waals surface area contributed by atoms with Crippen LogP contribution in [0.25, 0.3) is 0 Å². The number of aliphatic hydroxyl groups excluding tert-OH is 1. The maximum absolute atomic E-state index is 12.4. The summed E-state index contributed by atoms with van der Waals surface area (Å²) in [6.45, 7) is 7.90. The predicted octanol–water partition coefficient (Wildman–Crippen LogP) is 6.63. The molecule has 5 nitrogen and oxygen atoms in total. The normalized spacial score (nSPS) is 16.2. The maximum Gasteiger partial charge on any atom is 0.311 e. The van der Waals surface area contributed by atoms with Crippen molar-refractivity contribution in [1.82, 2.24) is 0 Å². The van der Waals surface area contributed by atoms with Gasteiger partial charge in [0.2, 0.25) is 5.79 Å². The molecule has 0 spiro atoms. The molecule has 39 heavy (non-hydrogen) atoms. The molecule has 1 aliphatic heterocycles. The van der Waals surface area contributed by atoms with Crippen LogP contribution in [0.4, 0.5) is 0 Å². The fraction of sp³-hybridized carbons (Fsp3) is 0.545. The molecule has 1 fully saturated rings. The van der Waals surface area contributed by atoms with Gasteiger partial charge in [-0.1, -0.05) is 99.9 Å². The second kappa shape index (κ2) is 15.4. The number of hydrogen-bond donors (Lipinski definition) is 1. The zero-order valence-corrected chi connectivity index (χ0v) is 25.2. The minimum Gasteiger partial charge on any atom is -0.469 e. The molecule has 0 aromatic heterocycles. The van der Waals surface area contributed by atoms with Crippen molar-refractivity contribution in [1.29, 1.82) is 0 Å². The van der Waals surface area contributed by atoms with E-state index >= 15 is 0 Å². The highest BCUT2D eigenvalue weighted by Gasteiger charge is 2.40. The molecule has 0 amide bonds. The quantitative estimate of drug-likeness (QED) is 0.124. The minimum atomic E-state index is -1.27. The summed E-state index contributed by atoms with van der Waals surface area (Å²) in [5.41, 5.74) is 6.44. The Morgan fingerprint density at radius 2 is 1.54 bits per heavy atom. The van der Waals surface area contributed by atoms with Crippen LogP contribution in [0, 0.1) is 17.4 Å². The van der Waals surface area contributed by atoms with Gasteiger partial charge < -0.3 is 19.3 Å². The molecular formula is C33H46O5Si. The molecule has 0 radical (unpaired) electrons. The molecule has 1 saturated heterocycles. The number of aryl methyl sites for hydroxylation is 1. The van der Waals surface area contributed by atoms with E-state index in [4.69, 9.17) is 14.2 Å². The number of rotatable bonds is 14. The van der Waals surface area contributed by atoms with Crippen LogP contribution >= 0.6 is 0 Å². The highest BCUT2D eigenvalue weighted by molar-refractivity contribution is 6.83. The average Bonchev–Trinajstić information content (AvgIpc) is 3.44. The van der Waals surface area contributed by atoms with Gasteiger partial charge in [0.1, 0.15) is 8.07 Å². The molecule has 212 valence electrons. The molecule has 1 heterocycles. The number of ether oxygens (including phenoxy) is 3. The van der Waals surface area contributed by atoms with Crippen molar-refractivity contribution in [2.75, 3.05) is 20.3 Å². The van der Waals surface area contributed by atoms with Gasteiger partial charge in [0.05, 0.1) is 32.3 Å². The lowest BCUT2D eigenvalue weighted by atomic mass is 9.90. The Balaban J connectivity index is 1.47. The first-order valence-corrected chi connectivity index (χ1v) is 17.9. The van der Waals surface area contributed by atoms with Crippen molar-refractivity contribution < 1.29 is 24.1 Å². The van der Waals surface area contributed by atoms with Gasteiger partial charge >= 0.3 is 5.97 Å². The van der Waals surface area contributed by atoms with Crippen molar-refractivity contribution in [3.63, 3.8) is 0 Å². The van der Waals surface area contributed by atoms with Gasteiger partial charge in [0.25, 0.3) is 0 Å². The highest BCUT2D eigenvalue weighted by atomic mass is 28.3. The number of carbonyl (C=O) groups excluding carboxylic acids is 1. The SMILES string of the molecule is COC(=O)C(CCCCCCCC#C[Si](C)(C)C)C(O)CCc1ccc(C2(c3ccccc3)OCCO2)cc1. The van der Waals surface area contributed by atoms with Crippen LogP contribution < -0.4 is 0 Å². The van der Waals surface area contributed by atoms with Crippen LogP contribution in [-0.2, 0) is 31.2 Å². The second-order valence-corrected chi connectivity index (χ2v) is 16.2. The largest absolute Gasteiger partial charge is 0.469 e. The first kappa shape index (κ1) is 31.1. The first-order chi connectivity index (χ1) is 18.7. The average molecular weight is 551 g/mol. The standard InChI is InChI=1S/C33H46O5Si/c1-36-32(35)30(17-13-8-6-5-7-9-14-26-39(2,3)4)31(34)23-20-27-18-21-29(22-19-27)33(37-24-25-38-33)28-15-11-10-12-16-28/h10-12,15-16,18-19,21-22,30-31,34H,5-9,13,17,20,23-25H2,1-4H3. The van der Waals surface area contributed by atoms with Crippen LogP contribution in [-0.4, -0.2) is 45.6 Å². The van der Waals surface area contributed by atoms with E-state index in [0.717, 1.165) is 55.2 Å². The third kappa shape index (κ3) is 9.61. The lowest BCUT2D eigenvalue weighted by molar-refractivity contribution is -0.150. The smallest absolute Gasteiger partial charge is 0.311 e. The Kier molecular flexibility index (Phi) is 12.3. The Morgan fingerprint density at radius 3 is 2.18 bits per heavy atom. The molecule has 2 atom stereocenters. The summed E-state index contributed by atoms with van der Waals surface area (Å²) < 4.78 is 17.2. The van der Waals surface area contributed by atoms with Crippen LogP contribution in [0.2, 0.25) is 19.6 Å². The first-order valence-electron chi connectivity index (χ1n) is 14.4. The molecule has 1 N–H and O–H groups in total. The summed E-state index contributed by atoms with van der Waals surface area (Å²) in [5, 5.41) is 10.9. The van der Waals surface area contributed by atoms with Crippen molar-refractivity contribution in [2.45, 2.75) is 89.3 Å². The lowest BCUT2D eigenvalue weighted by Crippen LogP contribution is -2.30. The number of esters is 1. The third-order valence-electron chi connectivity index (χ3n) is 7.16. The van der Waals surface area contributed by atoms with Crippen LogP contribution in [0.15, 0.2) is 54.6 Å². The lowest BCUT2D eigenvalue weighted by Gasteiger charge is -2.28. The Bertz CT molecular complexity index is 1060. The molecule has 0 aliphatic carbocycles. The van der Waals surface area contributed by atoms with E-state index in [2.05, 4.69) is 43.2 Å². The Morgan fingerprint density at radius 1 is 0.923 bits per heavy atom. The number of benzene rings is 2. The van der Waals surface area contributed by atoms with Gasteiger partial charge in [-0.05, 0) is 31.2 Å². The summed E-state index contributed by atoms with van der Waals surface area (Å²) in [5.74, 6) is 1.65. The van der Waals surface area contributed by atoms with Crippen LogP contribution in [0.3, 0.4) is 0 Å². The summed E-state index contributed by atoms with van der Waals surface area (Å²) in [7, 11) is 0.133. The van der Waals surface area contributed by atoms with Gasteiger partial charge in [-0.2, -0.15) is 0 Å². The summed E-state index contributed by atoms with van der Waals surface area (Å²) in [6.07, 6.45) is 7.45. The molecule has 0 saturated carbocycles. The van der Waals surface area contributed by atoms with Crippen molar-refractivity contribution in [3.05, 3.63) is 71.3 Å². The molecule has 3 rings (SSSR count). The van der Waals surface area contributed by atoms with Crippen LogP contribution in [0.5, 0.6) is 0 Å². The van der Waals surface area contributed by atoms with Gasteiger partial charge in [-0.3, -0.25) is 4.79 Å². The van der Waals surface area contributed by atoms with E-state index in [1.54, 1.807) is 0 Å². The monoisotopic (exact) mass is 550 g/mol. The van der Waals surface area contributed by atoms with Gasteiger partial charge in [-0.15, -0.1) is 11.5 Å². The predicted molar refractivity (Wildman–Crippen MR) is 159 cm³/mol. The molecule has 0 bridgehead atoms. The zero-order valence-electron chi connectivity index (χ0n) is 24.2. The van der Waals surface area contributed by atoms with Crippen LogP contribution in [0.1, 0.15) is 68.1 Å². The number of methoxy groups -OCH3 is 1. The topological polar surface area (TPSA) is 65.0 Å². The van der Waals surface area contributed by atoms with Gasteiger partial charge in [0.15, 0.2) is 0 Å². The summed E-state index contributed by atoms with van der Waals surface area (Å²) in [4.78, 5) is 12.4. The van der Waals surface area contributed by atoms with Crippen molar-refractivity contribution in [3.8, 4) is 11.5 Å². The number of aliphatic hydroxyl groups is 1. The second-order valence-electron chi connectivity index (χ2n) is 11.5. The van der Waals surface area contributed by atoms with Crippen molar-refractivity contribution in [2.24, 2.45) is 5.92 Å². The molecular weight excluding hydrogens is 504 g/mol. The molecule has 6 heteroatoms. The highest BCUT2D eigenvalue weighted by Crippen LogP contribution is 2.38. The zero-order chi connectivity index (χ0) is 28.1. The number of carbonyl (C=O) groups is 1. The molecule has 1 aliphatic rings. The van der Waals surface area contributed by atoms with E-state index in [0.29, 0.717) is 32.5 Å². The molecule has 2 unspecified atom stereocenters. The fourth-order valence-corrected chi connectivity index (χ4v) is 5.69. The number of unbranched alkanes of at least 4 members (excludes halogenated alkanes) is 5. The van der Waals surface area contributed by atoms with Gasteiger partial charge in [0, 0.05) is 17.5 Å². The number of hydrogen-bond acceptors (Lipinski definition) is 5. The summed E-state index contributed by atoms with van der Waals surface area (Å²) in [6, 6.07) is 18.2. The fourth-order valence-electron chi connectivity index (χ4n) is 5.03. The van der Waals surface area contributed by atoms with E-state index in [1.807, 2.05) is 42.5 Å². The van der Waals surface area contributed by atoms with E-state index in [-0.39, 0.29) is 5.97 Å². The van der Waals surface area contributed by atoms with E-state index < -0.39 is 25.9 Å². The Labute approximate surface area is 236 Å². The summed E-state index contributed by atoms with van der Waals surface area (Å²) >= 11 is 0. The third-order valence-corrected chi connectivity index (χ3v) is 8.09. The van der Waals surface area contributed by atoms with Crippen molar-refractivity contribution >= 4 is 14.0 Å². The molecule has 2 aromatic rings. The van der Waals surface area contributed by atoms with E-state index in [9.17, 15) is 9.90 Å². The minimum absolute atomic E-state index is 0.320. The van der Waals surface area contributed by atoms with E-state index in [1.165, 1.54) is 7.11 Å². The Hall–Kier alpha value is -2.43. The van der Waals surface area contributed by atoms with Gasteiger partial charge in [-0.25, -0.2) is 0 Å². The maximum atomic E-state index is 12.4.